The molecule has 0 aromatic heterocycles. The molecule has 0 saturated heterocycles. The van der Waals surface area contributed by atoms with Gasteiger partial charge in [-0.1, -0.05) is 12.1 Å². The standard InChI is InChI=1S/C12H19N3O2/c1-9(8-16)15(2)7-10-3-5-11(6-4-10)12(17)14-13/h3-6,9,16H,7-8,13H2,1-2H3,(H,14,17). The number of aliphatic hydroxyl groups is 1. The van der Waals surface area contributed by atoms with Gasteiger partial charge in [0, 0.05) is 18.2 Å². The molecule has 0 radical (unpaired) electrons. The minimum Gasteiger partial charge on any atom is -0.395 e. The zero-order valence-electron chi connectivity index (χ0n) is 10.2. The Hall–Kier alpha value is -1.43. The Balaban J connectivity index is 2.65. The molecule has 1 amide bonds. The van der Waals surface area contributed by atoms with Crippen LogP contribution in [0.4, 0.5) is 0 Å². The summed E-state index contributed by atoms with van der Waals surface area (Å²) < 4.78 is 0. The van der Waals surface area contributed by atoms with Crippen LogP contribution in [0.15, 0.2) is 24.3 Å². The number of carbonyl (C=O) groups is 1. The van der Waals surface area contributed by atoms with Gasteiger partial charge in [0.1, 0.15) is 0 Å². The number of amides is 1. The van der Waals surface area contributed by atoms with Crippen LogP contribution in [0.5, 0.6) is 0 Å². The first-order valence-electron chi connectivity index (χ1n) is 5.49. The van der Waals surface area contributed by atoms with Crippen LogP contribution in [0.2, 0.25) is 0 Å². The van der Waals surface area contributed by atoms with Gasteiger partial charge < -0.3 is 5.11 Å². The van der Waals surface area contributed by atoms with Crippen molar-refractivity contribution in [3.63, 3.8) is 0 Å². The highest BCUT2D eigenvalue weighted by molar-refractivity contribution is 5.93. The Morgan fingerprint density at radius 3 is 2.53 bits per heavy atom. The number of nitrogens with one attached hydrogen (secondary N) is 1. The molecule has 1 atom stereocenters. The van der Waals surface area contributed by atoms with Crippen LogP contribution in [0.25, 0.3) is 0 Å². The molecule has 0 saturated carbocycles. The zero-order chi connectivity index (χ0) is 12.8. The lowest BCUT2D eigenvalue weighted by Gasteiger charge is -2.22. The maximum Gasteiger partial charge on any atom is 0.265 e. The summed E-state index contributed by atoms with van der Waals surface area (Å²) in [6.07, 6.45) is 0. The van der Waals surface area contributed by atoms with E-state index in [1.807, 2.05) is 31.0 Å². The van der Waals surface area contributed by atoms with Crippen LogP contribution in [-0.2, 0) is 6.54 Å². The molecular formula is C12H19N3O2. The number of benzene rings is 1. The van der Waals surface area contributed by atoms with Crippen molar-refractivity contribution in [2.75, 3.05) is 13.7 Å². The van der Waals surface area contributed by atoms with Gasteiger partial charge in [-0.25, -0.2) is 5.84 Å². The molecule has 1 aromatic carbocycles. The second kappa shape index (κ2) is 6.34. The minimum atomic E-state index is -0.298. The SMILES string of the molecule is CC(CO)N(C)Cc1ccc(C(=O)NN)cc1. The summed E-state index contributed by atoms with van der Waals surface area (Å²) in [6, 6.07) is 7.34. The predicted octanol–water partition coefficient (Wildman–Crippen LogP) is 0.103. The monoisotopic (exact) mass is 237 g/mol. The van der Waals surface area contributed by atoms with E-state index in [9.17, 15) is 4.79 Å². The molecule has 17 heavy (non-hydrogen) atoms. The first-order chi connectivity index (χ1) is 8.08. The van der Waals surface area contributed by atoms with Crippen LogP contribution >= 0.6 is 0 Å². The molecule has 0 spiro atoms. The Bertz CT molecular complexity index is 365. The van der Waals surface area contributed by atoms with Crippen LogP contribution in [0.1, 0.15) is 22.8 Å². The number of rotatable bonds is 5. The van der Waals surface area contributed by atoms with Gasteiger partial charge in [0.05, 0.1) is 6.61 Å². The van der Waals surface area contributed by atoms with Crippen LogP contribution in [0, 0.1) is 0 Å². The second-order valence-corrected chi connectivity index (χ2v) is 4.12. The van der Waals surface area contributed by atoms with E-state index >= 15 is 0 Å². The van der Waals surface area contributed by atoms with Crippen LogP contribution in [-0.4, -0.2) is 35.6 Å². The van der Waals surface area contributed by atoms with E-state index < -0.39 is 0 Å². The van der Waals surface area contributed by atoms with Crippen molar-refractivity contribution < 1.29 is 9.90 Å². The normalized spacial score (nSPS) is 12.5. The lowest BCUT2D eigenvalue weighted by atomic mass is 10.1. The van der Waals surface area contributed by atoms with Gasteiger partial charge in [-0.05, 0) is 31.7 Å². The summed E-state index contributed by atoms with van der Waals surface area (Å²) >= 11 is 0. The summed E-state index contributed by atoms with van der Waals surface area (Å²) in [6.45, 7) is 2.81. The Kier molecular flexibility index (Phi) is 5.09. The van der Waals surface area contributed by atoms with Gasteiger partial charge in [-0.2, -0.15) is 0 Å². The molecule has 0 heterocycles. The number of hydrogen-bond acceptors (Lipinski definition) is 4. The third kappa shape index (κ3) is 3.81. The van der Waals surface area contributed by atoms with E-state index in [1.54, 1.807) is 12.1 Å². The van der Waals surface area contributed by atoms with Gasteiger partial charge in [0.2, 0.25) is 0 Å². The van der Waals surface area contributed by atoms with Crippen LogP contribution < -0.4 is 11.3 Å². The number of aliphatic hydroxyl groups excluding tert-OH is 1. The highest BCUT2D eigenvalue weighted by Crippen LogP contribution is 2.08. The van der Waals surface area contributed by atoms with E-state index in [0.717, 1.165) is 12.1 Å². The zero-order valence-corrected chi connectivity index (χ0v) is 10.2. The quantitative estimate of drug-likeness (QED) is 0.385. The van der Waals surface area contributed by atoms with E-state index in [1.165, 1.54) is 0 Å². The van der Waals surface area contributed by atoms with Crippen molar-refractivity contribution in [1.29, 1.82) is 0 Å². The van der Waals surface area contributed by atoms with Gasteiger partial charge >= 0.3 is 0 Å². The van der Waals surface area contributed by atoms with Crippen molar-refractivity contribution >= 4 is 5.91 Å². The van der Waals surface area contributed by atoms with Crippen LogP contribution in [0.3, 0.4) is 0 Å². The Morgan fingerprint density at radius 1 is 1.47 bits per heavy atom. The molecule has 1 aromatic rings. The molecule has 0 aliphatic carbocycles. The van der Waals surface area contributed by atoms with Crippen molar-refractivity contribution in [2.45, 2.75) is 19.5 Å². The summed E-state index contributed by atoms with van der Waals surface area (Å²) in [5.74, 6) is 4.75. The average Bonchev–Trinajstić information content (AvgIpc) is 2.37. The number of nitrogens with zero attached hydrogens (tertiary/aromatic N) is 1. The number of nitrogen functional groups attached to an aromatic ring is 1. The molecule has 5 heteroatoms. The lowest BCUT2D eigenvalue weighted by molar-refractivity contribution is 0.0953. The minimum absolute atomic E-state index is 0.113. The second-order valence-electron chi connectivity index (χ2n) is 4.12. The number of carbonyl (C=O) groups excluding carboxylic acids is 1. The Morgan fingerprint density at radius 2 is 2.06 bits per heavy atom. The van der Waals surface area contributed by atoms with E-state index in [-0.39, 0.29) is 18.6 Å². The average molecular weight is 237 g/mol. The summed E-state index contributed by atoms with van der Waals surface area (Å²) in [5, 5.41) is 9.02. The van der Waals surface area contributed by atoms with Crippen molar-refractivity contribution in [3.05, 3.63) is 35.4 Å². The van der Waals surface area contributed by atoms with E-state index in [2.05, 4.69) is 5.43 Å². The molecule has 0 fully saturated rings. The lowest BCUT2D eigenvalue weighted by Crippen LogP contribution is -2.31. The van der Waals surface area contributed by atoms with Gasteiger partial charge in [0.25, 0.3) is 5.91 Å². The van der Waals surface area contributed by atoms with E-state index in [4.69, 9.17) is 10.9 Å². The summed E-state index contributed by atoms with van der Waals surface area (Å²) in [4.78, 5) is 13.3. The van der Waals surface area contributed by atoms with Gasteiger partial charge in [0.15, 0.2) is 0 Å². The molecule has 5 nitrogen and oxygen atoms in total. The smallest absolute Gasteiger partial charge is 0.265 e. The largest absolute Gasteiger partial charge is 0.395 e. The molecule has 0 aliphatic rings. The highest BCUT2D eigenvalue weighted by Gasteiger charge is 2.08. The molecule has 0 bridgehead atoms. The number of hydrogen-bond donors (Lipinski definition) is 3. The number of nitrogens with two attached hydrogens (primary N) is 1. The molecule has 94 valence electrons. The Labute approximate surface area is 101 Å². The maximum atomic E-state index is 11.2. The molecule has 4 N–H and O–H groups in total. The predicted molar refractivity (Wildman–Crippen MR) is 66.1 cm³/mol. The molecule has 0 aliphatic heterocycles. The number of hydrazine groups is 1. The van der Waals surface area contributed by atoms with Gasteiger partial charge in [-0.3, -0.25) is 15.1 Å². The van der Waals surface area contributed by atoms with Crippen molar-refractivity contribution in [2.24, 2.45) is 5.84 Å². The number of likely N-dealkylation sites (N-methyl/N-ethyl adjacent to an activating group) is 1. The third-order valence-electron chi connectivity index (χ3n) is 2.80. The highest BCUT2D eigenvalue weighted by atomic mass is 16.3. The fraction of sp³-hybridized carbons (Fsp3) is 0.417. The van der Waals surface area contributed by atoms with Crippen molar-refractivity contribution in [1.82, 2.24) is 10.3 Å². The molecule has 1 rings (SSSR count). The molecular weight excluding hydrogens is 218 g/mol. The molecule has 1 unspecified atom stereocenters. The fourth-order valence-corrected chi connectivity index (χ4v) is 1.43. The third-order valence-corrected chi connectivity index (χ3v) is 2.80. The fourth-order valence-electron chi connectivity index (χ4n) is 1.43. The first kappa shape index (κ1) is 13.6. The van der Waals surface area contributed by atoms with Gasteiger partial charge in [-0.15, -0.1) is 0 Å². The first-order valence-corrected chi connectivity index (χ1v) is 5.49. The summed E-state index contributed by atoms with van der Waals surface area (Å²) in [5.41, 5.74) is 3.71. The maximum absolute atomic E-state index is 11.2. The van der Waals surface area contributed by atoms with E-state index in [0.29, 0.717) is 5.56 Å². The van der Waals surface area contributed by atoms with Crippen molar-refractivity contribution in [3.8, 4) is 0 Å². The summed E-state index contributed by atoms with van der Waals surface area (Å²) in [7, 11) is 1.95. The topological polar surface area (TPSA) is 78.6 Å².